The number of carbonyl (C=O) groups is 1. The zero-order valence-corrected chi connectivity index (χ0v) is 16.7. The summed E-state index contributed by atoms with van der Waals surface area (Å²) in [5.74, 6) is 1.60. The van der Waals surface area contributed by atoms with Crippen molar-refractivity contribution in [2.24, 2.45) is 0 Å². The van der Waals surface area contributed by atoms with Crippen molar-refractivity contribution < 1.29 is 4.79 Å². The number of piperazine rings is 1. The molecule has 29 heavy (non-hydrogen) atoms. The Morgan fingerprint density at radius 3 is 2.31 bits per heavy atom. The minimum Gasteiger partial charge on any atom is -0.352 e. The highest BCUT2D eigenvalue weighted by Crippen LogP contribution is 2.18. The van der Waals surface area contributed by atoms with Crippen LogP contribution >= 0.6 is 0 Å². The van der Waals surface area contributed by atoms with Gasteiger partial charge in [-0.3, -0.25) is 9.78 Å². The van der Waals surface area contributed by atoms with Crippen molar-refractivity contribution in [2.45, 2.75) is 13.8 Å². The number of aryl methyl sites for hydroxylation is 2. The van der Waals surface area contributed by atoms with Crippen LogP contribution in [-0.2, 0) is 0 Å². The van der Waals surface area contributed by atoms with Crippen LogP contribution in [0.4, 0.5) is 17.3 Å². The van der Waals surface area contributed by atoms with E-state index >= 15 is 0 Å². The van der Waals surface area contributed by atoms with E-state index in [4.69, 9.17) is 0 Å². The number of pyridine rings is 1. The Hall–Kier alpha value is -3.48. The molecule has 3 aromatic rings. The third kappa shape index (κ3) is 4.34. The molecule has 1 N–H and O–H groups in total. The van der Waals surface area contributed by atoms with E-state index in [0.717, 1.165) is 35.7 Å². The minimum atomic E-state index is 0.0933. The van der Waals surface area contributed by atoms with Gasteiger partial charge in [-0.15, -0.1) is 10.2 Å². The number of amides is 1. The second-order valence-corrected chi connectivity index (χ2v) is 7.22. The predicted molar refractivity (Wildman–Crippen MR) is 114 cm³/mol. The number of nitrogens with zero attached hydrogens (tertiary/aromatic N) is 5. The maximum Gasteiger partial charge on any atom is 0.253 e. The highest BCUT2D eigenvalue weighted by atomic mass is 16.2. The molecule has 0 unspecified atom stereocenters. The molecule has 2 aromatic heterocycles. The average Bonchev–Trinajstić information content (AvgIpc) is 2.77. The summed E-state index contributed by atoms with van der Waals surface area (Å²) in [6, 6.07) is 13.5. The molecule has 0 spiro atoms. The van der Waals surface area contributed by atoms with Crippen molar-refractivity contribution in [1.82, 2.24) is 20.1 Å². The molecule has 3 heterocycles. The molecule has 1 amide bonds. The molecule has 0 bridgehead atoms. The van der Waals surface area contributed by atoms with Gasteiger partial charge in [-0.25, -0.2) is 0 Å². The first kappa shape index (κ1) is 18.9. The number of hydrogen-bond donors (Lipinski definition) is 1. The van der Waals surface area contributed by atoms with Crippen molar-refractivity contribution in [3.05, 3.63) is 71.5 Å². The molecule has 7 heteroatoms. The Morgan fingerprint density at radius 1 is 0.897 bits per heavy atom. The van der Waals surface area contributed by atoms with Gasteiger partial charge in [0.15, 0.2) is 11.6 Å². The van der Waals surface area contributed by atoms with Gasteiger partial charge < -0.3 is 15.1 Å². The quantitative estimate of drug-likeness (QED) is 0.740. The summed E-state index contributed by atoms with van der Waals surface area (Å²) >= 11 is 0. The van der Waals surface area contributed by atoms with Crippen LogP contribution in [0.25, 0.3) is 0 Å². The van der Waals surface area contributed by atoms with Crippen LogP contribution in [0.1, 0.15) is 21.5 Å². The second kappa shape index (κ2) is 8.26. The van der Waals surface area contributed by atoms with Gasteiger partial charge in [0, 0.05) is 49.8 Å². The Balaban J connectivity index is 1.35. The van der Waals surface area contributed by atoms with Gasteiger partial charge in [-0.1, -0.05) is 6.07 Å². The van der Waals surface area contributed by atoms with Crippen LogP contribution in [0.3, 0.4) is 0 Å². The first-order valence-electron chi connectivity index (χ1n) is 9.72. The van der Waals surface area contributed by atoms with E-state index in [9.17, 15) is 4.79 Å². The van der Waals surface area contributed by atoms with Crippen LogP contribution in [0, 0.1) is 13.8 Å². The van der Waals surface area contributed by atoms with Crippen molar-refractivity contribution in [2.75, 3.05) is 36.4 Å². The topological polar surface area (TPSA) is 74.2 Å². The molecule has 1 aromatic carbocycles. The van der Waals surface area contributed by atoms with E-state index in [1.165, 1.54) is 5.56 Å². The molecule has 1 saturated heterocycles. The maximum atomic E-state index is 12.8. The van der Waals surface area contributed by atoms with E-state index in [1.807, 2.05) is 54.3 Å². The van der Waals surface area contributed by atoms with Crippen molar-refractivity contribution in [3.8, 4) is 0 Å². The molecule has 0 atom stereocenters. The van der Waals surface area contributed by atoms with E-state index < -0.39 is 0 Å². The summed E-state index contributed by atoms with van der Waals surface area (Å²) in [6.07, 6.45) is 3.45. The number of rotatable bonds is 4. The van der Waals surface area contributed by atoms with Crippen LogP contribution in [0.5, 0.6) is 0 Å². The third-order valence-electron chi connectivity index (χ3n) is 5.25. The fourth-order valence-corrected chi connectivity index (χ4v) is 3.34. The van der Waals surface area contributed by atoms with E-state index in [2.05, 4.69) is 32.3 Å². The third-order valence-corrected chi connectivity index (χ3v) is 5.25. The summed E-state index contributed by atoms with van der Waals surface area (Å²) in [7, 11) is 0. The number of anilines is 3. The molecular formula is C22H24N6O. The molecule has 1 aliphatic rings. The molecule has 0 radical (unpaired) electrons. The molecular weight excluding hydrogens is 364 g/mol. The number of nitrogens with one attached hydrogen (secondary N) is 1. The smallest absolute Gasteiger partial charge is 0.253 e. The van der Waals surface area contributed by atoms with Crippen molar-refractivity contribution in [3.63, 3.8) is 0 Å². The van der Waals surface area contributed by atoms with E-state index in [-0.39, 0.29) is 5.91 Å². The predicted octanol–water partition coefficient (Wildman–Crippen LogP) is 3.19. The van der Waals surface area contributed by atoms with Gasteiger partial charge in [0.2, 0.25) is 0 Å². The van der Waals surface area contributed by atoms with Crippen molar-refractivity contribution >= 4 is 23.2 Å². The molecule has 1 fully saturated rings. The van der Waals surface area contributed by atoms with E-state index in [1.54, 1.807) is 12.4 Å². The normalized spacial score (nSPS) is 14.0. The van der Waals surface area contributed by atoms with Crippen LogP contribution in [0.15, 0.2) is 54.9 Å². The maximum absolute atomic E-state index is 12.8. The Morgan fingerprint density at radius 2 is 1.66 bits per heavy atom. The molecule has 148 valence electrons. The highest BCUT2D eigenvalue weighted by molar-refractivity contribution is 5.94. The summed E-state index contributed by atoms with van der Waals surface area (Å²) in [5.41, 5.74) is 4.02. The first-order chi connectivity index (χ1) is 14.1. The van der Waals surface area contributed by atoms with Crippen LogP contribution in [-0.4, -0.2) is 52.2 Å². The van der Waals surface area contributed by atoms with Crippen molar-refractivity contribution in [1.29, 1.82) is 0 Å². The number of benzene rings is 1. The lowest BCUT2D eigenvalue weighted by Gasteiger charge is -2.35. The summed E-state index contributed by atoms with van der Waals surface area (Å²) < 4.78 is 0. The van der Waals surface area contributed by atoms with Crippen LogP contribution in [0.2, 0.25) is 0 Å². The molecule has 4 rings (SSSR count). The summed E-state index contributed by atoms with van der Waals surface area (Å²) in [6.45, 7) is 6.91. The van der Waals surface area contributed by atoms with Gasteiger partial charge in [-0.2, -0.15) is 0 Å². The first-order valence-corrected chi connectivity index (χ1v) is 9.72. The number of carbonyl (C=O) groups excluding carboxylic acids is 1. The molecule has 7 nitrogen and oxygen atoms in total. The standard InChI is InChI=1S/C22H24N6O/c1-16-3-4-18(15-17(16)2)22(29)28-13-11-27(12-14-28)21-6-5-20(25-26-21)24-19-7-9-23-10-8-19/h3-10,15H,11-14H2,1-2H3,(H,23,24,25). The zero-order valence-electron chi connectivity index (χ0n) is 16.7. The molecule has 0 aliphatic carbocycles. The highest BCUT2D eigenvalue weighted by Gasteiger charge is 2.23. The monoisotopic (exact) mass is 388 g/mol. The van der Waals surface area contributed by atoms with Gasteiger partial charge in [0.25, 0.3) is 5.91 Å². The molecule has 0 saturated carbocycles. The summed E-state index contributed by atoms with van der Waals surface area (Å²) in [4.78, 5) is 20.9. The van der Waals surface area contributed by atoms with E-state index in [0.29, 0.717) is 18.9 Å². The molecule has 1 aliphatic heterocycles. The van der Waals surface area contributed by atoms with Gasteiger partial charge >= 0.3 is 0 Å². The fraction of sp³-hybridized carbons (Fsp3) is 0.273. The Kier molecular flexibility index (Phi) is 5.37. The largest absolute Gasteiger partial charge is 0.352 e. The zero-order chi connectivity index (χ0) is 20.2. The van der Waals surface area contributed by atoms with Gasteiger partial charge in [-0.05, 0) is 61.4 Å². The van der Waals surface area contributed by atoms with Gasteiger partial charge in [0.1, 0.15) is 0 Å². The second-order valence-electron chi connectivity index (χ2n) is 7.22. The average molecular weight is 388 g/mol. The number of aromatic nitrogens is 3. The minimum absolute atomic E-state index is 0.0933. The lowest BCUT2D eigenvalue weighted by atomic mass is 10.1. The number of hydrogen-bond acceptors (Lipinski definition) is 6. The van der Waals surface area contributed by atoms with Gasteiger partial charge in [0.05, 0.1) is 0 Å². The SMILES string of the molecule is Cc1ccc(C(=O)N2CCN(c3ccc(Nc4ccncc4)nn3)CC2)cc1C. The Labute approximate surface area is 170 Å². The Bertz CT molecular complexity index is 982. The lowest BCUT2D eigenvalue weighted by molar-refractivity contribution is 0.0746. The van der Waals surface area contributed by atoms with Crippen LogP contribution < -0.4 is 10.2 Å². The lowest BCUT2D eigenvalue weighted by Crippen LogP contribution is -2.49. The fourth-order valence-electron chi connectivity index (χ4n) is 3.34. The summed E-state index contributed by atoms with van der Waals surface area (Å²) in [5, 5.41) is 11.8.